The van der Waals surface area contributed by atoms with Crippen LogP contribution < -0.4 is 0 Å². The van der Waals surface area contributed by atoms with Gasteiger partial charge in [0.2, 0.25) is 0 Å². The summed E-state index contributed by atoms with van der Waals surface area (Å²) < 4.78 is 34.7. The first-order valence-corrected chi connectivity index (χ1v) is 36.7. The Kier molecular flexibility index (Phi) is 63.7. The third-order valence-electron chi connectivity index (χ3n) is 14.5. The lowest BCUT2D eigenvalue weighted by atomic mass is 10.0. The van der Waals surface area contributed by atoms with Gasteiger partial charge in [0.05, 0.1) is 27.7 Å². The molecule has 0 radical (unpaired) electrons. The Morgan fingerprint density at radius 1 is 0.364 bits per heavy atom. The van der Waals surface area contributed by atoms with Crippen LogP contribution in [-0.4, -0.2) is 74.9 Å². The van der Waals surface area contributed by atoms with E-state index in [0.717, 1.165) is 135 Å². The van der Waals surface area contributed by atoms with Crippen LogP contribution >= 0.6 is 7.82 Å². The first-order chi connectivity index (χ1) is 43.0. The molecule has 0 aliphatic carbocycles. The van der Waals surface area contributed by atoms with Crippen molar-refractivity contribution in [3.63, 3.8) is 0 Å². The fourth-order valence-electron chi connectivity index (χ4n) is 9.17. The number of rotatable bonds is 63. The maximum Gasteiger partial charge on any atom is 0.472 e. The summed E-state index contributed by atoms with van der Waals surface area (Å²) in [5, 5.41) is 0. The zero-order valence-corrected chi connectivity index (χ0v) is 57.8. The number of esters is 2. The topological polar surface area (TPSA) is 108 Å². The Morgan fingerprint density at radius 3 is 0.966 bits per heavy atom. The summed E-state index contributed by atoms with van der Waals surface area (Å²) in [6.07, 6.45) is 101. The molecular weight excluding hydrogens is 1110 g/mol. The van der Waals surface area contributed by atoms with Crippen molar-refractivity contribution in [2.24, 2.45) is 0 Å². The number of hydrogen-bond donors (Lipinski definition) is 1. The molecule has 0 fully saturated rings. The predicted molar refractivity (Wildman–Crippen MR) is 380 cm³/mol. The Morgan fingerprint density at radius 2 is 0.648 bits per heavy atom. The second-order valence-corrected chi connectivity index (χ2v) is 25.6. The van der Waals surface area contributed by atoms with Gasteiger partial charge in [-0.1, -0.05) is 287 Å². The van der Waals surface area contributed by atoms with Gasteiger partial charge in [0.1, 0.15) is 19.8 Å². The Balaban J connectivity index is 4.11. The van der Waals surface area contributed by atoms with Crippen LogP contribution in [0.25, 0.3) is 0 Å². The van der Waals surface area contributed by atoms with E-state index in [1.54, 1.807) is 0 Å². The third-order valence-corrected chi connectivity index (χ3v) is 15.5. The number of hydrogen-bond acceptors (Lipinski definition) is 7. The predicted octanol–water partition coefficient (Wildman–Crippen LogP) is 23.2. The molecule has 2 atom stereocenters. The number of unbranched alkanes of at least 4 members (excludes halogenated alkanes) is 23. The number of ether oxygens (including phenoxy) is 2. The molecule has 2 unspecified atom stereocenters. The van der Waals surface area contributed by atoms with Crippen molar-refractivity contribution >= 4 is 19.8 Å². The van der Waals surface area contributed by atoms with Crippen LogP contribution in [0.4, 0.5) is 0 Å². The van der Waals surface area contributed by atoms with E-state index in [0.29, 0.717) is 17.4 Å². The summed E-state index contributed by atoms with van der Waals surface area (Å²) in [6, 6.07) is 0. The van der Waals surface area contributed by atoms with E-state index in [2.05, 4.69) is 172 Å². The van der Waals surface area contributed by atoms with Gasteiger partial charge in [-0.2, -0.15) is 0 Å². The summed E-state index contributed by atoms with van der Waals surface area (Å²) in [5.41, 5.74) is 0. The molecule has 0 amide bonds. The number of quaternary nitrogens is 1. The van der Waals surface area contributed by atoms with Crippen molar-refractivity contribution in [2.45, 2.75) is 277 Å². The van der Waals surface area contributed by atoms with E-state index in [-0.39, 0.29) is 32.0 Å². The van der Waals surface area contributed by atoms with E-state index < -0.39 is 26.5 Å². The van der Waals surface area contributed by atoms with Gasteiger partial charge in [-0.05, 0) is 128 Å². The molecule has 0 aliphatic heterocycles. The summed E-state index contributed by atoms with van der Waals surface area (Å²) >= 11 is 0. The molecule has 0 heterocycles. The van der Waals surface area contributed by atoms with E-state index in [9.17, 15) is 19.0 Å². The second kappa shape index (κ2) is 67.0. The van der Waals surface area contributed by atoms with Crippen molar-refractivity contribution in [2.75, 3.05) is 47.5 Å². The molecule has 0 aromatic rings. The van der Waals surface area contributed by atoms with Gasteiger partial charge in [-0.25, -0.2) is 4.57 Å². The minimum atomic E-state index is -4.40. The van der Waals surface area contributed by atoms with Crippen LogP contribution in [0.5, 0.6) is 0 Å². The Bertz CT molecular complexity index is 2040. The van der Waals surface area contributed by atoms with Crippen molar-refractivity contribution in [3.8, 4) is 0 Å². The SMILES string of the molecule is CC/C=C\C/C=C\C/C=C\C/C=C\C/C=C\C/C=C\C/C=C\C/C=C\C/C=C\C/C=C\CCCCCCCCCCCCC(=O)OC(COC(=O)CCCCCCCCCC/C=C\C/C=C\C/C=C\CCCCCCC)COP(=O)(O)OCC[N+](C)(C)C. The van der Waals surface area contributed by atoms with Gasteiger partial charge in [-0.15, -0.1) is 0 Å². The molecule has 10 heteroatoms. The number of phosphoric ester groups is 1. The highest BCUT2D eigenvalue weighted by Gasteiger charge is 2.27. The molecular formula is C78H131NO8P+. The fourth-order valence-corrected chi connectivity index (χ4v) is 9.91. The molecule has 0 saturated carbocycles. The zero-order chi connectivity index (χ0) is 64.1. The maximum atomic E-state index is 12.9. The number of allylic oxidation sites excluding steroid dienone is 26. The van der Waals surface area contributed by atoms with Crippen LogP contribution in [0.15, 0.2) is 158 Å². The van der Waals surface area contributed by atoms with Gasteiger partial charge in [0.15, 0.2) is 6.10 Å². The molecule has 0 aromatic heterocycles. The van der Waals surface area contributed by atoms with Gasteiger partial charge < -0.3 is 18.9 Å². The van der Waals surface area contributed by atoms with E-state index in [1.165, 1.54) is 103 Å². The zero-order valence-electron chi connectivity index (χ0n) is 56.9. The van der Waals surface area contributed by atoms with Crippen molar-refractivity contribution in [1.82, 2.24) is 0 Å². The van der Waals surface area contributed by atoms with Crippen LogP contribution in [0.1, 0.15) is 271 Å². The summed E-state index contributed by atoms with van der Waals surface area (Å²) in [6.45, 7) is 4.29. The van der Waals surface area contributed by atoms with Gasteiger partial charge in [0, 0.05) is 12.8 Å². The first kappa shape index (κ1) is 83.6. The minimum absolute atomic E-state index is 0.0222. The molecule has 0 bridgehead atoms. The Hall–Kier alpha value is -4.37. The monoisotopic (exact) mass is 1240 g/mol. The lowest BCUT2D eigenvalue weighted by Gasteiger charge is -2.24. The lowest BCUT2D eigenvalue weighted by Crippen LogP contribution is -2.37. The van der Waals surface area contributed by atoms with Crippen LogP contribution in [0.2, 0.25) is 0 Å². The Labute approximate surface area is 541 Å². The van der Waals surface area contributed by atoms with E-state index >= 15 is 0 Å². The number of carbonyl (C=O) groups is 2. The largest absolute Gasteiger partial charge is 0.472 e. The standard InChI is InChI=1S/C78H130NO8P/c1-6-8-10-12-14-16-18-20-22-24-26-28-30-31-32-33-34-35-36-37-38-39-40-41-42-43-44-45-46-47-49-51-53-55-57-59-61-63-65-67-69-71-78(81)87-76(75-86-88(82,83)85-73-72-79(3,4)5)74-84-77(80)70-68-66-64-62-60-58-56-54-52-50-48-29-27-25-23-21-19-17-15-13-11-9-7-2/h8,10,14,16,19-22,25-28,31-32,34-35,37-38,40-41,43-44,46-48,50,76H,6-7,9,11-13,15,17-18,23-24,29-30,33,36,39,42,45,49,51-75H2,1-5H3/p+1/b10-8-,16-14-,21-19-,22-20-,27-25-,28-26-,32-31-,35-34-,38-37-,41-40-,44-43-,47-46-,50-48-. The molecule has 0 aromatic carbocycles. The van der Waals surface area contributed by atoms with Crippen molar-refractivity contribution in [3.05, 3.63) is 158 Å². The number of phosphoric acid groups is 1. The van der Waals surface area contributed by atoms with Crippen molar-refractivity contribution < 1.29 is 42.1 Å². The molecule has 9 nitrogen and oxygen atoms in total. The smallest absolute Gasteiger partial charge is 0.462 e. The summed E-state index contributed by atoms with van der Waals surface area (Å²) in [4.78, 5) is 35.9. The summed E-state index contributed by atoms with van der Waals surface area (Å²) in [7, 11) is 1.45. The second-order valence-electron chi connectivity index (χ2n) is 24.2. The highest BCUT2D eigenvalue weighted by atomic mass is 31.2. The highest BCUT2D eigenvalue weighted by Crippen LogP contribution is 2.43. The molecule has 88 heavy (non-hydrogen) atoms. The normalized spacial score (nSPS) is 14.1. The van der Waals surface area contributed by atoms with Crippen LogP contribution in [0.3, 0.4) is 0 Å². The van der Waals surface area contributed by atoms with Gasteiger partial charge in [0.25, 0.3) is 0 Å². The minimum Gasteiger partial charge on any atom is -0.462 e. The van der Waals surface area contributed by atoms with E-state index in [4.69, 9.17) is 18.5 Å². The quantitative estimate of drug-likeness (QED) is 0.0211. The molecule has 0 aliphatic rings. The molecule has 0 saturated heterocycles. The van der Waals surface area contributed by atoms with E-state index in [1.807, 2.05) is 21.1 Å². The number of carbonyl (C=O) groups excluding carboxylic acids is 2. The molecule has 0 spiro atoms. The molecule has 1 N–H and O–H groups in total. The van der Waals surface area contributed by atoms with Gasteiger partial charge in [-0.3, -0.25) is 18.6 Å². The average molecular weight is 1240 g/mol. The highest BCUT2D eigenvalue weighted by molar-refractivity contribution is 7.47. The van der Waals surface area contributed by atoms with Crippen molar-refractivity contribution in [1.29, 1.82) is 0 Å². The first-order valence-electron chi connectivity index (χ1n) is 35.2. The lowest BCUT2D eigenvalue weighted by molar-refractivity contribution is -0.870. The fraction of sp³-hybridized carbons (Fsp3) is 0.641. The average Bonchev–Trinajstić information content (AvgIpc) is 3.58. The summed E-state index contributed by atoms with van der Waals surface area (Å²) in [5.74, 6) is -0.816. The van der Waals surface area contributed by atoms with Crippen LogP contribution in [0, 0.1) is 0 Å². The molecule has 0 rings (SSSR count). The third kappa shape index (κ3) is 70.7. The van der Waals surface area contributed by atoms with Crippen LogP contribution in [-0.2, 0) is 32.7 Å². The molecule has 500 valence electrons. The number of nitrogens with zero attached hydrogens (tertiary/aromatic N) is 1. The maximum absolute atomic E-state index is 12.9. The van der Waals surface area contributed by atoms with Gasteiger partial charge >= 0.3 is 19.8 Å². The number of likely N-dealkylation sites (N-methyl/N-ethyl adjacent to an activating group) is 1.